The second kappa shape index (κ2) is 7.51. The predicted octanol–water partition coefficient (Wildman–Crippen LogP) is 4.14. The molecule has 0 bridgehead atoms. The summed E-state index contributed by atoms with van der Waals surface area (Å²) in [6.45, 7) is 0.981. The Labute approximate surface area is 121 Å². The van der Waals surface area contributed by atoms with Crippen molar-refractivity contribution in [2.45, 2.75) is 6.42 Å². The first-order valence-corrected chi connectivity index (χ1v) is 6.85. The molecule has 0 aliphatic heterocycles. The van der Waals surface area contributed by atoms with E-state index in [4.69, 9.17) is 4.74 Å². The number of likely N-dealkylation sites (N-methyl/N-ethyl adjacent to an activating group) is 1. The lowest BCUT2D eigenvalue weighted by molar-refractivity contribution is 0.456. The Morgan fingerprint density at radius 3 is 2.15 bits per heavy atom. The Morgan fingerprint density at radius 2 is 1.50 bits per heavy atom. The monoisotopic (exact) mass is 267 g/mol. The Balaban J connectivity index is 1.88. The van der Waals surface area contributed by atoms with Gasteiger partial charge >= 0.3 is 0 Å². The van der Waals surface area contributed by atoms with Crippen molar-refractivity contribution < 1.29 is 4.74 Å². The third kappa shape index (κ3) is 4.90. The summed E-state index contributed by atoms with van der Waals surface area (Å²) in [4.78, 5) is 2.15. The fraction of sp³-hybridized carbons (Fsp3) is 0.222. The maximum atomic E-state index is 5.77. The van der Waals surface area contributed by atoms with Crippen molar-refractivity contribution in [2.24, 2.45) is 0 Å². The summed E-state index contributed by atoms with van der Waals surface area (Å²) in [5, 5.41) is 0. The van der Waals surface area contributed by atoms with Crippen molar-refractivity contribution in [3.63, 3.8) is 0 Å². The molecular weight excluding hydrogens is 246 g/mol. The minimum Gasteiger partial charge on any atom is -0.457 e. The van der Waals surface area contributed by atoms with Gasteiger partial charge in [-0.3, -0.25) is 0 Å². The number of para-hydroxylation sites is 1. The first kappa shape index (κ1) is 14.4. The summed E-state index contributed by atoms with van der Waals surface area (Å²) in [5.74, 6) is 1.74. The second-order valence-electron chi connectivity index (χ2n) is 5.00. The van der Waals surface area contributed by atoms with Gasteiger partial charge in [-0.05, 0) is 50.3 Å². The summed E-state index contributed by atoms with van der Waals surface area (Å²) in [6.07, 6.45) is 5.35. The molecule has 0 amide bonds. The van der Waals surface area contributed by atoms with Crippen molar-refractivity contribution in [3.8, 4) is 11.5 Å². The van der Waals surface area contributed by atoms with Gasteiger partial charge in [-0.1, -0.05) is 42.5 Å². The molecule has 2 heteroatoms. The molecule has 0 aliphatic rings. The lowest BCUT2D eigenvalue weighted by Gasteiger charge is -2.06. The van der Waals surface area contributed by atoms with Crippen LogP contribution in [0.2, 0.25) is 0 Å². The topological polar surface area (TPSA) is 12.5 Å². The van der Waals surface area contributed by atoms with E-state index in [1.807, 2.05) is 42.5 Å². The molecule has 0 spiro atoms. The van der Waals surface area contributed by atoms with Crippen molar-refractivity contribution >= 4 is 0 Å². The molecule has 0 saturated carbocycles. The van der Waals surface area contributed by atoms with Crippen LogP contribution in [0.25, 0.3) is 0 Å². The molecule has 0 atom stereocenters. The summed E-state index contributed by atoms with van der Waals surface area (Å²) < 4.78 is 5.77. The second-order valence-corrected chi connectivity index (χ2v) is 5.00. The molecule has 20 heavy (non-hydrogen) atoms. The van der Waals surface area contributed by atoms with Gasteiger partial charge < -0.3 is 9.64 Å². The third-order valence-electron chi connectivity index (χ3n) is 2.89. The van der Waals surface area contributed by atoms with Crippen molar-refractivity contribution in [3.05, 3.63) is 72.3 Å². The molecule has 2 aromatic rings. The molecule has 104 valence electrons. The minimum absolute atomic E-state index is 0.867. The van der Waals surface area contributed by atoms with Gasteiger partial charge in [-0.25, -0.2) is 0 Å². The molecule has 0 N–H and O–H groups in total. The molecule has 0 radical (unpaired) electrons. The molecule has 0 fully saturated rings. The zero-order valence-electron chi connectivity index (χ0n) is 12.1. The Kier molecular flexibility index (Phi) is 5.39. The van der Waals surface area contributed by atoms with Gasteiger partial charge in [0.25, 0.3) is 0 Å². The smallest absolute Gasteiger partial charge is 0.127 e. The van der Waals surface area contributed by atoms with Crippen molar-refractivity contribution in [1.29, 1.82) is 0 Å². The van der Waals surface area contributed by atoms with Gasteiger partial charge in [0.2, 0.25) is 0 Å². The molecule has 0 aromatic heterocycles. The number of hydrogen-bond donors (Lipinski definition) is 0. The van der Waals surface area contributed by atoms with Crippen LogP contribution in [-0.2, 0) is 6.42 Å². The number of rotatable bonds is 6. The van der Waals surface area contributed by atoms with E-state index >= 15 is 0 Å². The van der Waals surface area contributed by atoms with Crippen LogP contribution in [0.3, 0.4) is 0 Å². The van der Waals surface area contributed by atoms with E-state index < -0.39 is 0 Å². The Hall–Kier alpha value is -2.06. The zero-order chi connectivity index (χ0) is 14.2. The van der Waals surface area contributed by atoms with Crippen LogP contribution in [0.1, 0.15) is 5.56 Å². The average molecular weight is 267 g/mol. The predicted molar refractivity (Wildman–Crippen MR) is 84.4 cm³/mol. The average Bonchev–Trinajstić information content (AvgIpc) is 2.46. The minimum atomic E-state index is 0.867. The normalized spacial score (nSPS) is 11.2. The first-order valence-electron chi connectivity index (χ1n) is 6.85. The van der Waals surface area contributed by atoms with E-state index in [0.717, 1.165) is 24.5 Å². The highest BCUT2D eigenvalue weighted by Crippen LogP contribution is 2.21. The van der Waals surface area contributed by atoms with E-state index in [-0.39, 0.29) is 0 Å². The van der Waals surface area contributed by atoms with Crippen LogP contribution in [0.4, 0.5) is 0 Å². The first-order chi connectivity index (χ1) is 9.74. The van der Waals surface area contributed by atoms with Gasteiger partial charge in [0.05, 0.1) is 0 Å². The number of benzene rings is 2. The molecule has 0 unspecified atom stereocenters. The van der Waals surface area contributed by atoms with Crippen LogP contribution >= 0.6 is 0 Å². The van der Waals surface area contributed by atoms with Gasteiger partial charge in [0.1, 0.15) is 11.5 Å². The zero-order valence-corrected chi connectivity index (χ0v) is 12.1. The van der Waals surface area contributed by atoms with Crippen molar-refractivity contribution in [1.82, 2.24) is 4.90 Å². The number of hydrogen-bond acceptors (Lipinski definition) is 2. The third-order valence-corrected chi connectivity index (χ3v) is 2.89. The highest BCUT2D eigenvalue weighted by Gasteiger charge is 1.96. The number of allylic oxidation sites excluding steroid dienone is 1. The SMILES string of the molecule is CN(C)CC=CCc1ccc(Oc2ccccc2)cc1. The molecule has 0 saturated heterocycles. The van der Waals surface area contributed by atoms with Crippen LogP contribution in [0, 0.1) is 0 Å². The van der Waals surface area contributed by atoms with Crippen LogP contribution in [-0.4, -0.2) is 25.5 Å². The lowest BCUT2D eigenvalue weighted by Crippen LogP contribution is -2.10. The Bertz CT molecular complexity index is 529. The van der Waals surface area contributed by atoms with Crippen LogP contribution in [0.5, 0.6) is 11.5 Å². The van der Waals surface area contributed by atoms with E-state index in [1.165, 1.54) is 5.56 Å². The Morgan fingerprint density at radius 1 is 0.850 bits per heavy atom. The highest BCUT2D eigenvalue weighted by atomic mass is 16.5. The summed E-state index contributed by atoms with van der Waals surface area (Å²) in [6, 6.07) is 18.1. The van der Waals surface area contributed by atoms with Crippen LogP contribution < -0.4 is 4.74 Å². The van der Waals surface area contributed by atoms with E-state index in [9.17, 15) is 0 Å². The summed E-state index contributed by atoms with van der Waals surface area (Å²) in [5.41, 5.74) is 1.29. The number of nitrogens with zero attached hydrogens (tertiary/aromatic N) is 1. The van der Waals surface area contributed by atoms with Crippen molar-refractivity contribution in [2.75, 3.05) is 20.6 Å². The summed E-state index contributed by atoms with van der Waals surface area (Å²) in [7, 11) is 4.14. The molecule has 0 heterocycles. The lowest BCUT2D eigenvalue weighted by atomic mass is 10.1. The standard InChI is InChI=1S/C18H21NO/c1-19(2)15-7-6-8-16-11-13-18(14-12-16)20-17-9-4-3-5-10-17/h3-7,9-14H,8,15H2,1-2H3. The molecule has 0 aliphatic carbocycles. The highest BCUT2D eigenvalue weighted by molar-refractivity contribution is 5.33. The maximum Gasteiger partial charge on any atom is 0.127 e. The van der Waals surface area contributed by atoms with Crippen LogP contribution in [0.15, 0.2) is 66.7 Å². The van der Waals surface area contributed by atoms with Gasteiger partial charge in [-0.2, -0.15) is 0 Å². The fourth-order valence-electron chi connectivity index (χ4n) is 1.82. The molecular formula is C18H21NO. The van der Waals surface area contributed by atoms with Gasteiger partial charge in [0.15, 0.2) is 0 Å². The number of ether oxygens (including phenoxy) is 1. The van der Waals surface area contributed by atoms with E-state index in [1.54, 1.807) is 0 Å². The van der Waals surface area contributed by atoms with Gasteiger partial charge in [-0.15, -0.1) is 0 Å². The van der Waals surface area contributed by atoms with E-state index in [2.05, 4.69) is 43.3 Å². The molecule has 2 aromatic carbocycles. The molecule has 2 rings (SSSR count). The summed E-state index contributed by atoms with van der Waals surface area (Å²) >= 11 is 0. The fourth-order valence-corrected chi connectivity index (χ4v) is 1.82. The molecule has 2 nitrogen and oxygen atoms in total. The quantitative estimate of drug-likeness (QED) is 0.729. The van der Waals surface area contributed by atoms with Gasteiger partial charge in [0, 0.05) is 6.54 Å². The van der Waals surface area contributed by atoms with E-state index in [0.29, 0.717) is 0 Å². The maximum absolute atomic E-state index is 5.77. The largest absolute Gasteiger partial charge is 0.457 e.